The summed E-state index contributed by atoms with van der Waals surface area (Å²) in [7, 11) is 0. The molecule has 0 saturated carbocycles. The maximum Gasteiger partial charge on any atom is 0.338 e. The summed E-state index contributed by atoms with van der Waals surface area (Å²) >= 11 is 3.12. The van der Waals surface area contributed by atoms with Gasteiger partial charge in [0.15, 0.2) is 11.6 Å². The molecule has 2 rings (SSSR count). The molecule has 2 aromatic rings. The van der Waals surface area contributed by atoms with E-state index in [4.69, 9.17) is 15.6 Å². The van der Waals surface area contributed by atoms with Gasteiger partial charge in [-0.05, 0) is 18.2 Å². The molecule has 0 amide bonds. The van der Waals surface area contributed by atoms with Crippen LogP contribution in [0.4, 0.5) is 10.1 Å². The van der Waals surface area contributed by atoms with Crippen LogP contribution in [0.1, 0.15) is 10.4 Å². The number of carbonyl (C=O) groups is 1. The van der Waals surface area contributed by atoms with E-state index >= 15 is 0 Å². The predicted octanol–water partition coefficient (Wildman–Crippen LogP) is 3.06. The topological polar surface area (TPSA) is 85.4 Å². The second-order valence-electron chi connectivity index (χ2n) is 3.59. The average Bonchev–Trinajstić information content (AvgIpc) is 2.34. The molecule has 1 aromatic carbocycles. The summed E-state index contributed by atoms with van der Waals surface area (Å²) in [4.78, 5) is 14.7. The van der Waals surface area contributed by atoms with Crippen LogP contribution in [0, 0.1) is 5.82 Å². The van der Waals surface area contributed by atoms with Crippen molar-refractivity contribution in [2.24, 2.45) is 0 Å². The van der Waals surface area contributed by atoms with Gasteiger partial charge in [0, 0.05) is 10.5 Å². The number of carboxylic acid groups (broad SMARTS) is 1. The van der Waals surface area contributed by atoms with Gasteiger partial charge in [-0.15, -0.1) is 0 Å². The maximum absolute atomic E-state index is 13.6. The van der Waals surface area contributed by atoms with Crippen molar-refractivity contribution in [2.75, 3.05) is 5.73 Å². The van der Waals surface area contributed by atoms with Crippen molar-refractivity contribution < 1.29 is 19.0 Å². The van der Waals surface area contributed by atoms with Gasteiger partial charge in [-0.25, -0.2) is 14.2 Å². The Kier molecular flexibility index (Phi) is 3.66. The molecule has 0 bridgehead atoms. The minimum absolute atomic E-state index is 0.0103. The number of nitrogens with two attached hydrogens (primary N) is 1. The van der Waals surface area contributed by atoms with E-state index in [2.05, 4.69) is 20.9 Å². The predicted molar refractivity (Wildman–Crippen MR) is 69.8 cm³/mol. The third-order valence-corrected chi connectivity index (χ3v) is 2.74. The van der Waals surface area contributed by atoms with Crippen molar-refractivity contribution in [2.45, 2.75) is 0 Å². The van der Waals surface area contributed by atoms with Gasteiger partial charge in [-0.3, -0.25) is 0 Å². The monoisotopic (exact) mass is 326 g/mol. The van der Waals surface area contributed by atoms with Gasteiger partial charge in [0.1, 0.15) is 0 Å². The van der Waals surface area contributed by atoms with Crippen LogP contribution < -0.4 is 10.5 Å². The lowest BCUT2D eigenvalue weighted by Gasteiger charge is -2.07. The lowest BCUT2D eigenvalue weighted by molar-refractivity contribution is 0.0697. The highest BCUT2D eigenvalue weighted by Gasteiger charge is 2.12. The number of halogens is 2. The number of anilines is 1. The molecule has 0 unspecified atom stereocenters. The third kappa shape index (κ3) is 3.00. The van der Waals surface area contributed by atoms with Crippen LogP contribution in [0.5, 0.6) is 11.6 Å². The number of carboxylic acids is 1. The standard InChI is InChI=1S/C12H8BrFN2O3/c13-6-1-2-10(8(14)3-6)19-11-4-7(12(17)18)9(15)5-16-11/h1-5H,15H2,(H,17,18). The summed E-state index contributed by atoms with van der Waals surface area (Å²) in [5.41, 5.74) is 5.31. The average molecular weight is 327 g/mol. The second-order valence-corrected chi connectivity index (χ2v) is 4.51. The van der Waals surface area contributed by atoms with E-state index in [9.17, 15) is 9.18 Å². The number of hydrogen-bond donors (Lipinski definition) is 2. The number of nitrogen functional groups attached to an aromatic ring is 1. The molecule has 0 aliphatic carbocycles. The Hall–Kier alpha value is -2.15. The Labute approximate surface area is 116 Å². The largest absolute Gasteiger partial charge is 0.478 e. The van der Waals surface area contributed by atoms with Crippen LogP contribution in [0.25, 0.3) is 0 Å². The van der Waals surface area contributed by atoms with Crippen LogP contribution in [0.15, 0.2) is 34.9 Å². The van der Waals surface area contributed by atoms with Crippen LogP contribution in [-0.2, 0) is 0 Å². The molecule has 0 fully saturated rings. The van der Waals surface area contributed by atoms with E-state index in [0.717, 1.165) is 12.3 Å². The Bertz CT molecular complexity index is 649. The summed E-state index contributed by atoms with van der Waals surface area (Å²) in [6.45, 7) is 0. The molecule has 7 heteroatoms. The van der Waals surface area contributed by atoms with Gasteiger partial charge in [-0.2, -0.15) is 0 Å². The Morgan fingerprint density at radius 2 is 2.16 bits per heavy atom. The molecular weight excluding hydrogens is 319 g/mol. The molecule has 0 aliphatic heterocycles. The molecule has 0 saturated heterocycles. The zero-order valence-electron chi connectivity index (χ0n) is 9.43. The zero-order valence-corrected chi connectivity index (χ0v) is 11.0. The Morgan fingerprint density at radius 1 is 1.42 bits per heavy atom. The molecule has 3 N–H and O–H groups in total. The molecule has 0 spiro atoms. The van der Waals surface area contributed by atoms with E-state index in [1.165, 1.54) is 12.1 Å². The molecule has 1 heterocycles. The van der Waals surface area contributed by atoms with Crippen LogP contribution in [-0.4, -0.2) is 16.1 Å². The third-order valence-electron chi connectivity index (χ3n) is 2.25. The van der Waals surface area contributed by atoms with Crippen molar-refractivity contribution in [3.8, 4) is 11.6 Å². The first kappa shape index (κ1) is 13.3. The number of ether oxygens (including phenoxy) is 1. The summed E-state index contributed by atoms with van der Waals surface area (Å²) in [5, 5.41) is 8.90. The summed E-state index contributed by atoms with van der Waals surface area (Å²) in [5.74, 6) is -1.91. The van der Waals surface area contributed by atoms with Crippen molar-refractivity contribution in [3.63, 3.8) is 0 Å². The van der Waals surface area contributed by atoms with Gasteiger partial charge in [-0.1, -0.05) is 15.9 Å². The van der Waals surface area contributed by atoms with Gasteiger partial charge in [0.25, 0.3) is 0 Å². The minimum Gasteiger partial charge on any atom is -0.478 e. The number of pyridine rings is 1. The van der Waals surface area contributed by atoms with E-state index in [1.54, 1.807) is 6.07 Å². The lowest BCUT2D eigenvalue weighted by atomic mass is 10.2. The second kappa shape index (κ2) is 5.23. The number of nitrogens with zero attached hydrogens (tertiary/aromatic N) is 1. The van der Waals surface area contributed by atoms with Crippen molar-refractivity contribution in [1.82, 2.24) is 4.98 Å². The number of rotatable bonds is 3. The quantitative estimate of drug-likeness (QED) is 0.905. The molecule has 98 valence electrons. The molecule has 5 nitrogen and oxygen atoms in total. The molecular formula is C12H8BrFN2O3. The van der Waals surface area contributed by atoms with Crippen LogP contribution in [0.2, 0.25) is 0 Å². The maximum atomic E-state index is 13.6. The number of hydrogen-bond acceptors (Lipinski definition) is 4. The Morgan fingerprint density at radius 3 is 2.79 bits per heavy atom. The highest BCUT2D eigenvalue weighted by atomic mass is 79.9. The fraction of sp³-hybridized carbons (Fsp3) is 0. The van der Waals surface area contributed by atoms with Gasteiger partial charge >= 0.3 is 5.97 Å². The van der Waals surface area contributed by atoms with E-state index < -0.39 is 11.8 Å². The summed E-state index contributed by atoms with van der Waals surface area (Å²) < 4.78 is 19.3. The summed E-state index contributed by atoms with van der Waals surface area (Å²) in [6, 6.07) is 5.36. The van der Waals surface area contributed by atoms with Crippen molar-refractivity contribution >= 4 is 27.6 Å². The molecule has 1 aromatic heterocycles. The van der Waals surface area contributed by atoms with E-state index in [1.807, 2.05) is 0 Å². The highest BCUT2D eigenvalue weighted by molar-refractivity contribution is 9.10. The normalized spacial score (nSPS) is 10.2. The fourth-order valence-electron chi connectivity index (χ4n) is 1.36. The van der Waals surface area contributed by atoms with Crippen molar-refractivity contribution in [1.29, 1.82) is 0 Å². The smallest absolute Gasteiger partial charge is 0.338 e. The number of benzene rings is 1. The van der Waals surface area contributed by atoms with Gasteiger partial charge in [0.05, 0.1) is 17.4 Å². The highest BCUT2D eigenvalue weighted by Crippen LogP contribution is 2.27. The SMILES string of the molecule is Nc1cnc(Oc2ccc(Br)cc2F)cc1C(=O)O. The zero-order chi connectivity index (χ0) is 14.0. The molecule has 19 heavy (non-hydrogen) atoms. The molecule has 0 aliphatic rings. The van der Waals surface area contributed by atoms with Gasteiger partial charge < -0.3 is 15.6 Å². The lowest BCUT2D eigenvalue weighted by Crippen LogP contribution is -2.04. The van der Waals surface area contributed by atoms with Crippen molar-refractivity contribution in [3.05, 3.63) is 46.3 Å². The molecule has 0 radical (unpaired) electrons. The van der Waals surface area contributed by atoms with Gasteiger partial charge in [0.2, 0.25) is 5.88 Å². The fourth-order valence-corrected chi connectivity index (χ4v) is 1.69. The Balaban J connectivity index is 2.33. The first-order chi connectivity index (χ1) is 8.97. The number of aromatic carboxylic acids is 1. The first-order valence-corrected chi connectivity index (χ1v) is 5.88. The van der Waals surface area contributed by atoms with E-state index in [0.29, 0.717) is 4.47 Å². The minimum atomic E-state index is -1.21. The van der Waals surface area contributed by atoms with Crippen LogP contribution in [0.3, 0.4) is 0 Å². The molecule has 0 atom stereocenters. The number of aromatic nitrogens is 1. The summed E-state index contributed by atoms with van der Waals surface area (Å²) in [6.07, 6.45) is 1.15. The van der Waals surface area contributed by atoms with Crippen LogP contribution >= 0.6 is 15.9 Å². The van der Waals surface area contributed by atoms with E-state index in [-0.39, 0.29) is 22.9 Å². The first-order valence-electron chi connectivity index (χ1n) is 5.09.